The molecule has 0 saturated heterocycles. The molecule has 1 saturated carbocycles. The van der Waals surface area contributed by atoms with Gasteiger partial charge in [-0.15, -0.1) is 0 Å². The highest BCUT2D eigenvalue weighted by molar-refractivity contribution is 5.80. The Kier molecular flexibility index (Phi) is 2.74. The van der Waals surface area contributed by atoms with Crippen molar-refractivity contribution in [3.05, 3.63) is 48.3 Å². The molecule has 0 radical (unpaired) electrons. The van der Waals surface area contributed by atoms with Crippen molar-refractivity contribution >= 4 is 10.9 Å². The number of aromatic amines is 1. The summed E-state index contributed by atoms with van der Waals surface area (Å²) in [5.74, 6) is 0.836. The lowest BCUT2D eigenvalue weighted by atomic mass is 10.2. The fraction of sp³-hybridized carbons (Fsp3) is 0.250. The SMILES string of the molecule is c1ccc2nc(-c3ncc(CNC4CC4)[nH]3)ccc2c1. The average molecular weight is 264 g/mol. The highest BCUT2D eigenvalue weighted by atomic mass is 15.0. The van der Waals surface area contributed by atoms with Crippen LogP contribution in [0.15, 0.2) is 42.6 Å². The number of pyridine rings is 1. The maximum absolute atomic E-state index is 4.65. The molecule has 20 heavy (non-hydrogen) atoms. The van der Waals surface area contributed by atoms with E-state index in [9.17, 15) is 0 Å². The first kappa shape index (κ1) is 11.6. The van der Waals surface area contributed by atoms with Crippen LogP contribution in [-0.4, -0.2) is 21.0 Å². The Balaban J connectivity index is 1.60. The van der Waals surface area contributed by atoms with E-state index in [0.29, 0.717) is 6.04 Å². The van der Waals surface area contributed by atoms with Gasteiger partial charge in [0.1, 0.15) is 5.69 Å². The highest BCUT2D eigenvalue weighted by Crippen LogP contribution is 2.20. The van der Waals surface area contributed by atoms with E-state index in [0.717, 1.165) is 34.7 Å². The lowest BCUT2D eigenvalue weighted by Gasteiger charge is -2.01. The molecule has 1 aromatic carbocycles. The fourth-order valence-corrected chi connectivity index (χ4v) is 2.32. The molecule has 2 aromatic heterocycles. The van der Waals surface area contributed by atoms with Crippen molar-refractivity contribution in [2.45, 2.75) is 25.4 Å². The summed E-state index contributed by atoms with van der Waals surface area (Å²) in [7, 11) is 0. The Hall–Kier alpha value is -2.20. The van der Waals surface area contributed by atoms with Gasteiger partial charge < -0.3 is 10.3 Å². The molecule has 0 amide bonds. The first-order chi connectivity index (χ1) is 9.88. The van der Waals surface area contributed by atoms with Crippen LogP contribution in [0.4, 0.5) is 0 Å². The van der Waals surface area contributed by atoms with Gasteiger partial charge in [0.05, 0.1) is 11.7 Å². The lowest BCUT2D eigenvalue weighted by molar-refractivity contribution is 0.677. The van der Waals surface area contributed by atoms with Crippen LogP contribution in [0.5, 0.6) is 0 Å². The Morgan fingerprint density at radius 2 is 2.05 bits per heavy atom. The molecule has 0 bridgehead atoms. The van der Waals surface area contributed by atoms with Crippen LogP contribution in [0.25, 0.3) is 22.4 Å². The molecule has 3 aromatic rings. The number of H-pyrrole nitrogens is 1. The van der Waals surface area contributed by atoms with Crippen molar-refractivity contribution in [1.82, 2.24) is 20.3 Å². The van der Waals surface area contributed by atoms with Gasteiger partial charge >= 0.3 is 0 Å². The zero-order valence-corrected chi connectivity index (χ0v) is 11.1. The average Bonchev–Trinajstić information content (AvgIpc) is 3.21. The number of aromatic nitrogens is 3. The largest absolute Gasteiger partial charge is 0.339 e. The van der Waals surface area contributed by atoms with E-state index in [1.54, 1.807) is 0 Å². The Morgan fingerprint density at radius 3 is 2.95 bits per heavy atom. The van der Waals surface area contributed by atoms with Crippen molar-refractivity contribution in [2.24, 2.45) is 0 Å². The number of nitrogens with zero attached hydrogens (tertiary/aromatic N) is 2. The van der Waals surface area contributed by atoms with E-state index in [-0.39, 0.29) is 0 Å². The third kappa shape index (κ3) is 2.30. The van der Waals surface area contributed by atoms with Gasteiger partial charge in [-0.3, -0.25) is 0 Å². The van der Waals surface area contributed by atoms with E-state index >= 15 is 0 Å². The van der Waals surface area contributed by atoms with Crippen molar-refractivity contribution < 1.29 is 0 Å². The highest BCUT2D eigenvalue weighted by Gasteiger charge is 2.20. The number of nitrogens with one attached hydrogen (secondary N) is 2. The summed E-state index contributed by atoms with van der Waals surface area (Å²) in [4.78, 5) is 12.4. The summed E-state index contributed by atoms with van der Waals surface area (Å²) in [6.07, 6.45) is 4.49. The maximum atomic E-state index is 4.65. The summed E-state index contributed by atoms with van der Waals surface area (Å²) in [5.41, 5.74) is 3.00. The van der Waals surface area contributed by atoms with Crippen LogP contribution in [0.2, 0.25) is 0 Å². The predicted molar refractivity (Wildman–Crippen MR) is 79.2 cm³/mol. The van der Waals surface area contributed by atoms with Crippen LogP contribution < -0.4 is 5.32 Å². The maximum Gasteiger partial charge on any atom is 0.156 e. The van der Waals surface area contributed by atoms with Crippen LogP contribution in [0.1, 0.15) is 18.5 Å². The second-order valence-corrected chi connectivity index (χ2v) is 5.30. The van der Waals surface area contributed by atoms with Crippen LogP contribution in [0.3, 0.4) is 0 Å². The summed E-state index contributed by atoms with van der Waals surface area (Å²) in [6.45, 7) is 0.852. The molecular formula is C16H16N4. The number of fused-ring (bicyclic) bond motifs is 1. The smallest absolute Gasteiger partial charge is 0.156 e. The molecule has 4 rings (SSSR count). The minimum atomic E-state index is 0.709. The minimum Gasteiger partial charge on any atom is -0.339 e. The van der Waals surface area contributed by atoms with Gasteiger partial charge in [-0.1, -0.05) is 24.3 Å². The predicted octanol–water partition coefficient (Wildman–Crippen LogP) is 2.88. The zero-order chi connectivity index (χ0) is 13.4. The van der Waals surface area contributed by atoms with Gasteiger partial charge in [0.2, 0.25) is 0 Å². The summed E-state index contributed by atoms with van der Waals surface area (Å²) in [5, 5.41) is 4.63. The molecular weight excluding hydrogens is 248 g/mol. The first-order valence-corrected chi connectivity index (χ1v) is 7.02. The Morgan fingerprint density at radius 1 is 1.15 bits per heavy atom. The molecule has 1 aliphatic rings. The molecule has 0 atom stereocenters. The number of hydrogen-bond acceptors (Lipinski definition) is 3. The fourth-order valence-electron chi connectivity index (χ4n) is 2.32. The second-order valence-electron chi connectivity index (χ2n) is 5.30. The molecule has 4 heteroatoms. The number of para-hydroxylation sites is 1. The summed E-state index contributed by atoms with van der Waals surface area (Å²) < 4.78 is 0. The molecule has 2 heterocycles. The van der Waals surface area contributed by atoms with Crippen LogP contribution in [0, 0.1) is 0 Å². The van der Waals surface area contributed by atoms with Crippen molar-refractivity contribution in [3.8, 4) is 11.5 Å². The molecule has 100 valence electrons. The monoisotopic (exact) mass is 264 g/mol. The third-order valence-corrected chi connectivity index (χ3v) is 3.63. The minimum absolute atomic E-state index is 0.709. The van der Waals surface area contributed by atoms with Crippen LogP contribution >= 0.6 is 0 Å². The summed E-state index contributed by atoms with van der Waals surface area (Å²) in [6, 6.07) is 12.9. The van der Waals surface area contributed by atoms with Gasteiger partial charge in [-0.25, -0.2) is 9.97 Å². The molecule has 0 spiro atoms. The van der Waals surface area contributed by atoms with Gasteiger partial charge in [0, 0.05) is 23.7 Å². The van der Waals surface area contributed by atoms with Gasteiger partial charge in [-0.05, 0) is 25.0 Å². The van der Waals surface area contributed by atoms with Gasteiger partial charge in [-0.2, -0.15) is 0 Å². The van der Waals surface area contributed by atoms with E-state index in [4.69, 9.17) is 0 Å². The molecule has 0 unspecified atom stereocenters. The van der Waals surface area contributed by atoms with E-state index in [1.807, 2.05) is 30.5 Å². The molecule has 4 nitrogen and oxygen atoms in total. The molecule has 1 aliphatic carbocycles. The van der Waals surface area contributed by atoms with Gasteiger partial charge in [0.15, 0.2) is 5.82 Å². The lowest BCUT2D eigenvalue weighted by Crippen LogP contribution is -2.15. The van der Waals surface area contributed by atoms with E-state index in [1.165, 1.54) is 12.8 Å². The molecule has 0 aliphatic heterocycles. The third-order valence-electron chi connectivity index (χ3n) is 3.63. The number of rotatable bonds is 4. The van der Waals surface area contributed by atoms with Crippen molar-refractivity contribution in [2.75, 3.05) is 0 Å². The van der Waals surface area contributed by atoms with Crippen LogP contribution in [-0.2, 0) is 6.54 Å². The Bertz CT molecular complexity index is 743. The standard InChI is InChI=1S/C16H16N4/c1-2-4-14-11(3-1)5-8-15(20-14)16-18-10-13(19-16)9-17-12-6-7-12/h1-5,8,10,12,17H,6-7,9H2,(H,18,19). The normalized spacial score (nSPS) is 14.8. The topological polar surface area (TPSA) is 53.6 Å². The van der Waals surface area contributed by atoms with Crippen molar-refractivity contribution in [3.63, 3.8) is 0 Å². The second kappa shape index (κ2) is 4.72. The molecule has 2 N–H and O–H groups in total. The molecule has 1 fully saturated rings. The Labute approximate surface area is 117 Å². The number of imidazole rings is 1. The zero-order valence-electron chi connectivity index (χ0n) is 11.1. The number of benzene rings is 1. The van der Waals surface area contributed by atoms with Crippen molar-refractivity contribution in [1.29, 1.82) is 0 Å². The van der Waals surface area contributed by atoms with E-state index < -0.39 is 0 Å². The summed E-state index contributed by atoms with van der Waals surface area (Å²) >= 11 is 0. The first-order valence-electron chi connectivity index (χ1n) is 7.02. The van der Waals surface area contributed by atoms with Gasteiger partial charge in [0.25, 0.3) is 0 Å². The number of hydrogen-bond donors (Lipinski definition) is 2. The van der Waals surface area contributed by atoms with E-state index in [2.05, 4.69) is 32.4 Å². The quantitative estimate of drug-likeness (QED) is 0.762.